The minimum absolute atomic E-state index is 0.412. The predicted molar refractivity (Wildman–Crippen MR) is 58.5 cm³/mol. The number of benzene rings is 1. The molecule has 2 N–H and O–H groups in total. The smallest absolute Gasteiger partial charge is 0.324 e. The maximum absolute atomic E-state index is 13.4. The van der Waals surface area contributed by atoms with Crippen LogP contribution in [-0.2, 0) is 11.6 Å². The lowest BCUT2D eigenvalue weighted by Crippen LogP contribution is -2.37. The molecule has 2 aliphatic carbocycles. The molecule has 2 fully saturated rings. The zero-order valence-electron chi connectivity index (χ0n) is 9.65. The number of alkyl halides is 3. The minimum atomic E-state index is -4.52. The molecule has 2 saturated carbocycles. The van der Waals surface area contributed by atoms with Crippen LogP contribution in [0.2, 0.25) is 0 Å². The maximum atomic E-state index is 13.4. The van der Waals surface area contributed by atoms with Crippen molar-refractivity contribution in [2.24, 2.45) is 5.73 Å². The van der Waals surface area contributed by atoms with Gasteiger partial charge in [-0.25, -0.2) is 4.39 Å². The van der Waals surface area contributed by atoms with Gasteiger partial charge < -0.3 is 5.73 Å². The number of rotatable bonds is 2. The topological polar surface area (TPSA) is 26.0 Å². The summed E-state index contributed by atoms with van der Waals surface area (Å²) < 4.78 is 51.4. The maximum Gasteiger partial charge on any atom is 0.416 e. The van der Waals surface area contributed by atoms with Crippen LogP contribution in [0.3, 0.4) is 0 Å². The molecule has 0 spiro atoms. The fourth-order valence-electron chi connectivity index (χ4n) is 2.84. The zero-order chi connectivity index (χ0) is 13.2. The second kappa shape index (κ2) is 3.26. The Balaban J connectivity index is 2.06. The molecule has 0 amide bonds. The van der Waals surface area contributed by atoms with Gasteiger partial charge in [0.25, 0.3) is 0 Å². The van der Waals surface area contributed by atoms with Crippen molar-refractivity contribution in [1.82, 2.24) is 0 Å². The van der Waals surface area contributed by atoms with Crippen LogP contribution < -0.4 is 5.73 Å². The Hall–Kier alpha value is -1.10. The van der Waals surface area contributed by atoms with Crippen molar-refractivity contribution in [3.05, 3.63) is 35.1 Å². The lowest BCUT2D eigenvalue weighted by Gasteiger charge is -2.24. The first-order chi connectivity index (χ1) is 8.27. The van der Waals surface area contributed by atoms with Crippen molar-refractivity contribution in [2.75, 3.05) is 0 Å². The molecule has 18 heavy (non-hydrogen) atoms. The standard InChI is InChI=1S/C13H13F4N/c14-10-6-8(5-9(7-10)13(15,16)17)11(1-2-11)12(18)3-4-12/h5-7H,1-4,18H2. The molecule has 0 radical (unpaired) electrons. The normalized spacial score (nSPS) is 23.8. The highest BCUT2D eigenvalue weighted by Crippen LogP contribution is 2.63. The van der Waals surface area contributed by atoms with Gasteiger partial charge in [0.1, 0.15) is 5.82 Å². The van der Waals surface area contributed by atoms with Crippen molar-refractivity contribution in [3.8, 4) is 0 Å². The average molecular weight is 259 g/mol. The van der Waals surface area contributed by atoms with Crippen molar-refractivity contribution in [3.63, 3.8) is 0 Å². The van der Waals surface area contributed by atoms with Crippen molar-refractivity contribution < 1.29 is 17.6 Å². The van der Waals surface area contributed by atoms with E-state index in [1.54, 1.807) is 0 Å². The molecule has 1 aromatic carbocycles. The Morgan fingerprint density at radius 1 is 1.00 bits per heavy atom. The van der Waals surface area contributed by atoms with E-state index in [0.717, 1.165) is 31.7 Å². The molecular formula is C13H13F4N. The van der Waals surface area contributed by atoms with Crippen LogP contribution in [0.1, 0.15) is 36.8 Å². The van der Waals surface area contributed by atoms with Gasteiger partial charge in [0.2, 0.25) is 0 Å². The first kappa shape index (κ1) is 12.0. The number of hydrogen-bond acceptors (Lipinski definition) is 1. The number of halogens is 4. The van der Waals surface area contributed by atoms with E-state index in [1.807, 2.05) is 0 Å². The van der Waals surface area contributed by atoms with Crippen LogP contribution in [0.15, 0.2) is 18.2 Å². The second-order valence-corrected chi connectivity index (χ2v) is 5.46. The molecule has 0 heterocycles. The Bertz CT molecular complexity index is 498. The van der Waals surface area contributed by atoms with E-state index in [-0.39, 0.29) is 0 Å². The third-order valence-corrected chi connectivity index (χ3v) is 4.27. The summed E-state index contributed by atoms with van der Waals surface area (Å²) in [6.07, 6.45) is -1.39. The quantitative estimate of drug-likeness (QED) is 0.810. The number of nitrogens with two attached hydrogens (primary N) is 1. The van der Waals surface area contributed by atoms with Crippen LogP contribution in [0.5, 0.6) is 0 Å². The summed E-state index contributed by atoms with van der Waals surface area (Å²) in [6, 6.07) is 2.80. The van der Waals surface area contributed by atoms with E-state index >= 15 is 0 Å². The van der Waals surface area contributed by atoms with Gasteiger partial charge >= 0.3 is 6.18 Å². The molecule has 1 nitrogen and oxygen atoms in total. The molecule has 98 valence electrons. The Labute approximate surface area is 102 Å². The van der Waals surface area contributed by atoms with Gasteiger partial charge in [0.15, 0.2) is 0 Å². The fraction of sp³-hybridized carbons (Fsp3) is 0.538. The zero-order valence-corrected chi connectivity index (χ0v) is 9.65. The third kappa shape index (κ3) is 1.64. The molecule has 3 rings (SSSR count). The molecule has 0 bridgehead atoms. The highest BCUT2D eigenvalue weighted by Gasteiger charge is 2.64. The van der Waals surface area contributed by atoms with E-state index in [9.17, 15) is 17.6 Å². The summed E-state index contributed by atoms with van der Waals surface area (Å²) in [4.78, 5) is 0. The average Bonchev–Trinajstić information content (AvgIpc) is 3.10. The SMILES string of the molecule is NC1(C2(c3cc(F)cc(C(F)(F)F)c3)CC2)CC1. The summed E-state index contributed by atoms with van der Waals surface area (Å²) in [5.41, 5.74) is 4.78. The van der Waals surface area contributed by atoms with E-state index in [4.69, 9.17) is 5.73 Å². The third-order valence-electron chi connectivity index (χ3n) is 4.27. The van der Waals surface area contributed by atoms with E-state index in [2.05, 4.69) is 0 Å². The van der Waals surface area contributed by atoms with Crippen LogP contribution >= 0.6 is 0 Å². The van der Waals surface area contributed by atoms with Gasteiger partial charge in [-0.15, -0.1) is 0 Å². The summed E-state index contributed by atoms with van der Waals surface area (Å²) in [5.74, 6) is -0.838. The molecule has 5 heteroatoms. The van der Waals surface area contributed by atoms with Gasteiger partial charge in [-0.1, -0.05) is 0 Å². The van der Waals surface area contributed by atoms with Gasteiger partial charge in [0.05, 0.1) is 5.56 Å². The first-order valence-corrected chi connectivity index (χ1v) is 5.94. The summed E-state index contributed by atoms with van der Waals surface area (Å²) in [5, 5.41) is 0. The minimum Gasteiger partial charge on any atom is -0.324 e. The molecule has 2 aliphatic rings. The summed E-state index contributed by atoms with van der Waals surface area (Å²) in [7, 11) is 0. The van der Waals surface area contributed by atoms with E-state index in [1.165, 1.54) is 6.07 Å². The van der Waals surface area contributed by atoms with Gasteiger partial charge in [-0.2, -0.15) is 13.2 Å². The Morgan fingerprint density at radius 2 is 1.61 bits per heavy atom. The van der Waals surface area contributed by atoms with E-state index < -0.39 is 28.5 Å². The molecule has 0 unspecified atom stereocenters. The molecule has 0 aromatic heterocycles. The Morgan fingerprint density at radius 3 is 2.06 bits per heavy atom. The lowest BCUT2D eigenvalue weighted by molar-refractivity contribution is -0.137. The highest BCUT2D eigenvalue weighted by molar-refractivity contribution is 5.43. The van der Waals surface area contributed by atoms with Crippen LogP contribution in [0.4, 0.5) is 17.6 Å². The Kier molecular flexibility index (Phi) is 2.17. The predicted octanol–water partition coefficient (Wildman–Crippen LogP) is 3.37. The van der Waals surface area contributed by atoms with Crippen LogP contribution in [0.25, 0.3) is 0 Å². The van der Waals surface area contributed by atoms with Crippen LogP contribution in [-0.4, -0.2) is 5.54 Å². The molecule has 0 atom stereocenters. The first-order valence-electron chi connectivity index (χ1n) is 5.94. The molecule has 1 aromatic rings. The summed E-state index contributed by atoms with van der Waals surface area (Å²) in [6.45, 7) is 0. The lowest BCUT2D eigenvalue weighted by atomic mass is 9.85. The summed E-state index contributed by atoms with van der Waals surface area (Å²) >= 11 is 0. The monoisotopic (exact) mass is 259 g/mol. The second-order valence-electron chi connectivity index (χ2n) is 5.46. The van der Waals surface area contributed by atoms with Crippen molar-refractivity contribution in [2.45, 2.75) is 42.8 Å². The largest absolute Gasteiger partial charge is 0.416 e. The number of hydrogen-bond donors (Lipinski definition) is 1. The highest BCUT2D eigenvalue weighted by atomic mass is 19.4. The van der Waals surface area contributed by atoms with Crippen LogP contribution in [0, 0.1) is 5.82 Å². The van der Waals surface area contributed by atoms with Gasteiger partial charge in [-0.05, 0) is 49.4 Å². The van der Waals surface area contributed by atoms with E-state index in [0.29, 0.717) is 11.6 Å². The van der Waals surface area contributed by atoms with Crippen molar-refractivity contribution >= 4 is 0 Å². The van der Waals surface area contributed by atoms with Crippen molar-refractivity contribution in [1.29, 1.82) is 0 Å². The van der Waals surface area contributed by atoms with Gasteiger partial charge in [0, 0.05) is 11.0 Å². The fourth-order valence-corrected chi connectivity index (χ4v) is 2.84. The molecule has 0 saturated heterocycles. The molecule has 0 aliphatic heterocycles. The van der Waals surface area contributed by atoms with Gasteiger partial charge in [-0.3, -0.25) is 0 Å². The molecular weight excluding hydrogens is 246 g/mol.